The lowest BCUT2D eigenvalue weighted by atomic mass is 10.0. The molecule has 1 aliphatic carbocycles. The van der Waals surface area contributed by atoms with E-state index in [1.165, 1.54) is 6.07 Å². The number of aromatic nitrogens is 2. The third kappa shape index (κ3) is 3.57. The first-order valence-electron chi connectivity index (χ1n) is 7.55. The van der Waals surface area contributed by atoms with Crippen molar-refractivity contribution in [2.24, 2.45) is 0 Å². The average Bonchev–Trinajstić information content (AvgIpc) is 3.23. The highest BCUT2D eigenvalue weighted by molar-refractivity contribution is 7.99. The van der Waals surface area contributed by atoms with Crippen molar-refractivity contribution in [3.05, 3.63) is 30.1 Å². The van der Waals surface area contributed by atoms with Crippen molar-refractivity contribution in [3.8, 4) is 17.5 Å². The van der Waals surface area contributed by atoms with Gasteiger partial charge in [-0.05, 0) is 37.8 Å². The Morgan fingerprint density at radius 1 is 1.38 bits per heavy atom. The lowest BCUT2D eigenvalue weighted by Crippen LogP contribution is -2.45. The molecule has 124 valence electrons. The fourth-order valence-electron chi connectivity index (χ4n) is 2.69. The van der Waals surface area contributed by atoms with Crippen LogP contribution in [-0.2, 0) is 4.79 Å². The molecule has 1 aromatic heterocycles. The SMILES string of the molecule is N#CC1(NC(=O)CSc2nnc(-c3ccccc3F)o2)CCCC1. The molecule has 6 nitrogen and oxygen atoms in total. The summed E-state index contributed by atoms with van der Waals surface area (Å²) in [4.78, 5) is 12.0. The number of amides is 1. The lowest BCUT2D eigenvalue weighted by Gasteiger charge is -2.21. The third-order valence-electron chi connectivity index (χ3n) is 3.89. The molecule has 1 N–H and O–H groups in total. The largest absolute Gasteiger partial charge is 0.411 e. The lowest BCUT2D eigenvalue weighted by molar-refractivity contribution is -0.119. The van der Waals surface area contributed by atoms with E-state index in [1.54, 1.807) is 18.2 Å². The molecule has 1 fully saturated rings. The standard InChI is InChI=1S/C16H15FN4O2S/c17-12-6-2-1-5-11(12)14-20-21-15(23-14)24-9-13(22)19-16(10-18)7-3-4-8-16/h1-2,5-6H,3-4,7-9H2,(H,19,22). The second-order valence-electron chi connectivity index (χ2n) is 5.59. The van der Waals surface area contributed by atoms with Crippen LogP contribution >= 0.6 is 11.8 Å². The van der Waals surface area contributed by atoms with E-state index in [4.69, 9.17) is 4.42 Å². The van der Waals surface area contributed by atoms with Crippen LogP contribution in [0.25, 0.3) is 11.5 Å². The van der Waals surface area contributed by atoms with Gasteiger partial charge in [-0.25, -0.2) is 4.39 Å². The zero-order chi connectivity index (χ0) is 17.0. The highest BCUT2D eigenvalue weighted by Crippen LogP contribution is 2.29. The third-order valence-corrected chi connectivity index (χ3v) is 4.71. The predicted octanol–water partition coefficient (Wildman–Crippen LogP) is 2.92. The molecule has 0 bridgehead atoms. The van der Waals surface area contributed by atoms with E-state index in [2.05, 4.69) is 21.6 Å². The summed E-state index contributed by atoms with van der Waals surface area (Å²) in [5.41, 5.74) is -0.527. The van der Waals surface area contributed by atoms with Crippen LogP contribution in [0.4, 0.5) is 4.39 Å². The molecule has 1 heterocycles. The molecule has 0 radical (unpaired) electrons. The van der Waals surface area contributed by atoms with Gasteiger partial charge in [0.1, 0.15) is 11.4 Å². The Hall–Kier alpha value is -2.40. The Kier molecular flexibility index (Phi) is 4.81. The summed E-state index contributed by atoms with van der Waals surface area (Å²) in [5.74, 6) is -0.579. The molecule has 1 aliphatic rings. The van der Waals surface area contributed by atoms with Crippen molar-refractivity contribution < 1.29 is 13.6 Å². The number of carbonyl (C=O) groups excluding carboxylic acids is 1. The van der Waals surface area contributed by atoms with Crippen LogP contribution in [0.1, 0.15) is 25.7 Å². The number of nitrogens with one attached hydrogen (secondary N) is 1. The van der Waals surface area contributed by atoms with Gasteiger partial charge in [-0.1, -0.05) is 23.9 Å². The van der Waals surface area contributed by atoms with Crippen LogP contribution in [0, 0.1) is 17.1 Å². The molecule has 8 heteroatoms. The van der Waals surface area contributed by atoms with Crippen molar-refractivity contribution in [2.45, 2.75) is 36.4 Å². The zero-order valence-corrected chi connectivity index (χ0v) is 13.6. The minimum atomic E-state index is -0.745. The van der Waals surface area contributed by atoms with Gasteiger partial charge in [-0.3, -0.25) is 4.79 Å². The molecule has 2 aromatic rings. The quantitative estimate of drug-likeness (QED) is 0.837. The summed E-state index contributed by atoms with van der Waals surface area (Å²) in [6.07, 6.45) is 3.24. The minimum absolute atomic E-state index is 0.0579. The van der Waals surface area contributed by atoms with E-state index in [0.717, 1.165) is 24.6 Å². The number of carbonyl (C=O) groups is 1. The molecule has 1 saturated carbocycles. The molecule has 0 aliphatic heterocycles. The minimum Gasteiger partial charge on any atom is -0.411 e. The number of nitrogens with zero attached hydrogens (tertiary/aromatic N) is 3. The number of nitriles is 1. The second kappa shape index (κ2) is 7.01. The molecule has 0 saturated heterocycles. The number of hydrogen-bond donors (Lipinski definition) is 1. The first-order chi connectivity index (χ1) is 11.6. The first-order valence-corrected chi connectivity index (χ1v) is 8.54. The van der Waals surface area contributed by atoms with Crippen molar-refractivity contribution in [3.63, 3.8) is 0 Å². The van der Waals surface area contributed by atoms with E-state index < -0.39 is 11.4 Å². The predicted molar refractivity (Wildman–Crippen MR) is 85.4 cm³/mol. The summed E-state index contributed by atoms with van der Waals surface area (Å²) in [6, 6.07) is 8.30. The monoisotopic (exact) mass is 346 g/mol. The molecular formula is C16H15FN4O2S. The molecule has 0 unspecified atom stereocenters. The maximum atomic E-state index is 13.7. The number of rotatable bonds is 5. The van der Waals surface area contributed by atoms with Gasteiger partial charge in [0.2, 0.25) is 5.91 Å². The molecule has 3 rings (SSSR count). The van der Waals surface area contributed by atoms with Crippen molar-refractivity contribution in [1.29, 1.82) is 5.26 Å². The Morgan fingerprint density at radius 3 is 2.83 bits per heavy atom. The zero-order valence-electron chi connectivity index (χ0n) is 12.8. The smallest absolute Gasteiger partial charge is 0.277 e. The number of benzene rings is 1. The van der Waals surface area contributed by atoms with Crippen LogP contribution < -0.4 is 5.32 Å². The fourth-order valence-corrected chi connectivity index (χ4v) is 3.25. The molecule has 0 atom stereocenters. The summed E-state index contributed by atoms with van der Waals surface area (Å²) in [6.45, 7) is 0. The van der Waals surface area contributed by atoms with Gasteiger partial charge in [-0.15, -0.1) is 10.2 Å². The Labute approximate surface area is 142 Å². The summed E-state index contributed by atoms with van der Waals surface area (Å²) >= 11 is 1.06. The van der Waals surface area contributed by atoms with Crippen LogP contribution in [0.15, 0.2) is 33.9 Å². The van der Waals surface area contributed by atoms with Gasteiger partial charge in [0.15, 0.2) is 0 Å². The van der Waals surface area contributed by atoms with Gasteiger partial charge in [0, 0.05) is 0 Å². The van der Waals surface area contributed by atoms with Gasteiger partial charge in [0.25, 0.3) is 11.1 Å². The maximum Gasteiger partial charge on any atom is 0.277 e. The Morgan fingerprint density at radius 2 is 2.12 bits per heavy atom. The van der Waals surface area contributed by atoms with Gasteiger partial charge >= 0.3 is 0 Å². The van der Waals surface area contributed by atoms with Gasteiger partial charge in [-0.2, -0.15) is 5.26 Å². The van der Waals surface area contributed by atoms with Gasteiger partial charge in [0.05, 0.1) is 17.4 Å². The van der Waals surface area contributed by atoms with E-state index in [-0.39, 0.29) is 28.3 Å². The number of hydrogen-bond acceptors (Lipinski definition) is 6. The number of halogens is 1. The van der Waals surface area contributed by atoms with Crippen molar-refractivity contribution >= 4 is 17.7 Å². The molecule has 1 aromatic carbocycles. The second-order valence-corrected chi connectivity index (χ2v) is 6.52. The van der Waals surface area contributed by atoms with Crippen LogP contribution in [-0.4, -0.2) is 27.4 Å². The molecular weight excluding hydrogens is 331 g/mol. The highest BCUT2D eigenvalue weighted by Gasteiger charge is 2.35. The number of thioether (sulfide) groups is 1. The molecule has 1 amide bonds. The fraction of sp³-hybridized carbons (Fsp3) is 0.375. The van der Waals surface area contributed by atoms with Crippen LogP contribution in [0.2, 0.25) is 0 Å². The summed E-state index contributed by atoms with van der Waals surface area (Å²) in [5, 5.41) is 19.8. The van der Waals surface area contributed by atoms with E-state index >= 15 is 0 Å². The van der Waals surface area contributed by atoms with E-state index in [1.807, 2.05) is 0 Å². The Bertz CT molecular complexity index is 780. The summed E-state index contributed by atoms with van der Waals surface area (Å²) in [7, 11) is 0. The van der Waals surface area contributed by atoms with E-state index in [0.29, 0.717) is 12.8 Å². The van der Waals surface area contributed by atoms with Crippen LogP contribution in [0.3, 0.4) is 0 Å². The highest BCUT2D eigenvalue weighted by atomic mass is 32.2. The molecule has 24 heavy (non-hydrogen) atoms. The van der Waals surface area contributed by atoms with Crippen molar-refractivity contribution in [2.75, 3.05) is 5.75 Å². The van der Waals surface area contributed by atoms with Crippen LogP contribution in [0.5, 0.6) is 0 Å². The molecule has 0 spiro atoms. The van der Waals surface area contributed by atoms with E-state index in [9.17, 15) is 14.4 Å². The summed E-state index contributed by atoms with van der Waals surface area (Å²) < 4.78 is 19.1. The first kappa shape index (κ1) is 16.5. The van der Waals surface area contributed by atoms with Crippen molar-refractivity contribution in [1.82, 2.24) is 15.5 Å². The normalized spacial score (nSPS) is 15.8. The average molecular weight is 346 g/mol. The van der Waals surface area contributed by atoms with Gasteiger partial charge < -0.3 is 9.73 Å². The Balaban J connectivity index is 1.59. The topological polar surface area (TPSA) is 91.8 Å². The maximum absolute atomic E-state index is 13.7.